The van der Waals surface area contributed by atoms with Crippen LogP contribution in [0.3, 0.4) is 0 Å². The minimum Gasteiger partial charge on any atom is -0.322 e. The summed E-state index contributed by atoms with van der Waals surface area (Å²) in [6.45, 7) is 4.25. The Hall–Kier alpha value is -2.82. The van der Waals surface area contributed by atoms with Crippen LogP contribution in [0.2, 0.25) is 0 Å². The summed E-state index contributed by atoms with van der Waals surface area (Å²) < 4.78 is 29.1. The predicted molar refractivity (Wildman–Crippen MR) is 126 cm³/mol. The van der Waals surface area contributed by atoms with Gasteiger partial charge in [0.2, 0.25) is 10.0 Å². The second-order valence-electron chi connectivity index (χ2n) is 8.96. The minimum absolute atomic E-state index is 0.232. The second-order valence-corrected chi connectivity index (χ2v) is 10.9. The van der Waals surface area contributed by atoms with Crippen LogP contribution in [0.5, 0.6) is 0 Å². The summed E-state index contributed by atoms with van der Waals surface area (Å²) in [5.74, 6) is 0.144. The van der Waals surface area contributed by atoms with E-state index in [1.165, 1.54) is 4.31 Å². The van der Waals surface area contributed by atoms with Gasteiger partial charge in [-0.05, 0) is 57.1 Å². The number of carbonyl (C=O) groups excluding carboxylic acids is 1. The lowest BCUT2D eigenvalue weighted by Crippen LogP contribution is -2.46. The van der Waals surface area contributed by atoms with Gasteiger partial charge in [0.05, 0.1) is 21.5 Å². The van der Waals surface area contributed by atoms with Crippen LogP contribution in [0.15, 0.2) is 35.2 Å². The fourth-order valence-corrected chi connectivity index (χ4v) is 5.74. The van der Waals surface area contributed by atoms with Crippen LogP contribution in [0.1, 0.15) is 40.5 Å². The van der Waals surface area contributed by atoms with E-state index in [1.807, 2.05) is 27.1 Å². The van der Waals surface area contributed by atoms with Gasteiger partial charge in [0.15, 0.2) is 5.65 Å². The summed E-state index contributed by atoms with van der Waals surface area (Å²) in [6.07, 6.45) is 2.17. The number of hydrogen-bond donors (Lipinski definition) is 1. The number of benzene rings is 1. The monoisotopic (exact) mass is 468 g/mol. The molecule has 0 radical (unpaired) electrons. The molecule has 2 aliphatic rings. The van der Waals surface area contributed by atoms with Gasteiger partial charge in [-0.25, -0.2) is 13.4 Å². The topological polar surface area (TPSA) is 100 Å². The highest BCUT2D eigenvalue weighted by Crippen LogP contribution is 2.40. The Balaban J connectivity index is 1.39. The molecule has 1 aliphatic carbocycles. The number of rotatable bonds is 5. The van der Waals surface area contributed by atoms with E-state index in [4.69, 9.17) is 4.98 Å². The molecule has 33 heavy (non-hydrogen) atoms. The molecule has 0 atom stereocenters. The zero-order valence-corrected chi connectivity index (χ0v) is 19.9. The lowest BCUT2D eigenvalue weighted by molar-refractivity contribution is 0.102. The Labute approximate surface area is 193 Å². The fourth-order valence-electron chi connectivity index (χ4n) is 4.32. The van der Waals surface area contributed by atoms with E-state index in [0.717, 1.165) is 29.6 Å². The smallest absolute Gasteiger partial charge is 0.256 e. The molecular formula is C23H28N6O3S. The molecule has 1 amide bonds. The third-order valence-electron chi connectivity index (χ3n) is 6.44. The van der Waals surface area contributed by atoms with Crippen molar-refractivity contribution in [3.8, 4) is 0 Å². The third kappa shape index (κ3) is 4.14. The molecule has 174 valence electrons. The highest BCUT2D eigenvalue weighted by atomic mass is 32.2. The van der Waals surface area contributed by atoms with Crippen LogP contribution in [0.4, 0.5) is 5.69 Å². The van der Waals surface area contributed by atoms with Gasteiger partial charge in [0, 0.05) is 50.5 Å². The first kappa shape index (κ1) is 22.0. The lowest BCUT2D eigenvalue weighted by Gasteiger charge is -2.31. The highest BCUT2D eigenvalue weighted by Gasteiger charge is 2.29. The van der Waals surface area contributed by atoms with Crippen LogP contribution >= 0.6 is 0 Å². The molecule has 3 aromatic rings. The molecule has 1 saturated carbocycles. The van der Waals surface area contributed by atoms with E-state index in [0.29, 0.717) is 49.0 Å². The molecule has 1 aliphatic heterocycles. The van der Waals surface area contributed by atoms with Crippen molar-refractivity contribution < 1.29 is 13.2 Å². The van der Waals surface area contributed by atoms with Gasteiger partial charge in [-0.15, -0.1) is 0 Å². The van der Waals surface area contributed by atoms with Crippen molar-refractivity contribution in [1.82, 2.24) is 24.0 Å². The molecule has 3 heterocycles. The van der Waals surface area contributed by atoms with Crippen LogP contribution < -0.4 is 5.32 Å². The average molecular weight is 469 g/mol. The maximum absolute atomic E-state index is 13.2. The molecular weight excluding hydrogens is 440 g/mol. The van der Waals surface area contributed by atoms with E-state index in [9.17, 15) is 13.2 Å². The van der Waals surface area contributed by atoms with Crippen molar-refractivity contribution in [3.05, 3.63) is 47.3 Å². The maximum Gasteiger partial charge on any atom is 0.256 e. The number of amides is 1. The van der Waals surface area contributed by atoms with E-state index in [2.05, 4.69) is 15.3 Å². The molecule has 0 spiro atoms. The number of nitrogens with one attached hydrogen (secondary N) is 1. The summed E-state index contributed by atoms with van der Waals surface area (Å²) in [7, 11) is 0.270. The molecule has 2 aromatic heterocycles. The normalized spacial score (nSPS) is 18.0. The zero-order chi connectivity index (χ0) is 23.3. The zero-order valence-electron chi connectivity index (χ0n) is 19.1. The first-order chi connectivity index (χ1) is 15.7. The van der Waals surface area contributed by atoms with Crippen LogP contribution in [0, 0.1) is 6.92 Å². The number of hydrogen-bond acceptors (Lipinski definition) is 6. The van der Waals surface area contributed by atoms with Crippen molar-refractivity contribution in [1.29, 1.82) is 0 Å². The van der Waals surface area contributed by atoms with Crippen LogP contribution in [-0.4, -0.2) is 71.5 Å². The molecule has 9 nitrogen and oxygen atoms in total. The largest absolute Gasteiger partial charge is 0.322 e. The number of aryl methyl sites for hydroxylation is 2. The number of aromatic nitrogens is 3. The standard InChI is InChI=1S/C23H28N6O3S/c1-15-21-19(14-20(16-4-5-16)25-22(21)28(3)26-15)23(30)24-17-6-8-18(9-7-17)33(31,32)29-12-10-27(2)11-13-29/h6-9,14,16H,4-5,10-13H2,1-3H3,(H,24,30). The molecule has 0 bridgehead atoms. The van der Waals surface area contributed by atoms with Gasteiger partial charge in [-0.1, -0.05) is 0 Å². The second kappa shape index (κ2) is 8.19. The van der Waals surface area contributed by atoms with Crippen molar-refractivity contribution in [2.24, 2.45) is 7.05 Å². The number of nitrogens with zero attached hydrogens (tertiary/aromatic N) is 5. The first-order valence-electron chi connectivity index (χ1n) is 11.2. The van der Waals surface area contributed by atoms with Gasteiger partial charge in [0.1, 0.15) is 0 Å². The third-order valence-corrected chi connectivity index (χ3v) is 8.35. The molecule has 1 aromatic carbocycles. The molecule has 1 N–H and O–H groups in total. The van der Waals surface area contributed by atoms with Crippen molar-refractivity contribution >= 4 is 32.7 Å². The molecule has 5 rings (SSSR count). The SMILES string of the molecule is Cc1nn(C)c2nc(C3CC3)cc(C(=O)Nc3ccc(S(=O)(=O)N4CCN(C)CC4)cc3)c12. The van der Waals surface area contributed by atoms with E-state index in [1.54, 1.807) is 28.9 Å². The Morgan fingerprint density at radius 2 is 1.73 bits per heavy atom. The van der Waals surface area contributed by atoms with Gasteiger partial charge >= 0.3 is 0 Å². The predicted octanol–water partition coefficient (Wildman–Crippen LogP) is 2.34. The van der Waals surface area contributed by atoms with Gasteiger partial charge in [-0.3, -0.25) is 9.48 Å². The Kier molecular flexibility index (Phi) is 5.46. The number of carbonyl (C=O) groups is 1. The van der Waals surface area contributed by atoms with E-state index < -0.39 is 10.0 Å². The molecule has 0 unspecified atom stereocenters. The van der Waals surface area contributed by atoms with Crippen LogP contribution in [0.25, 0.3) is 11.0 Å². The first-order valence-corrected chi connectivity index (χ1v) is 12.6. The average Bonchev–Trinajstić information content (AvgIpc) is 3.60. The Morgan fingerprint density at radius 1 is 1.06 bits per heavy atom. The fraction of sp³-hybridized carbons (Fsp3) is 0.435. The summed E-state index contributed by atoms with van der Waals surface area (Å²) in [5, 5.41) is 8.11. The summed E-state index contributed by atoms with van der Waals surface area (Å²) in [4.78, 5) is 20.3. The van der Waals surface area contributed by atoms with Gasteiger partial charge in [-0.2, -0.15) is 9.40 Å². The van der Waals surface area contributed by atoms with Crippen LogP contribution in [-0.2, 0) is 17.1 Å². The maximum atomic E-state index is 13.2. The molecule has 2 fully saturated rings. The quantitative estimate of drug-likeness (QED) is 0.617. The van der Waals surface area contributed by atoms with E-state index in [-0.39, 0.29) is 10.8 Å². The number of piperazine rings is 1. The number of sulfonamides is 1. The number of anilines is 1. The van der Waals surface area contributed by atoms with Crippen molar-refractivity contribution in [2.45, 2.75) is 30.6 Å². The Bertz CT molecular complexity index is 1320. The lowest BCUT2D eigenvalue weighted by atomic mass is 10.1. The highest BCUT2D eigenvalue weighted by molar-refractivity contribution is 7.89. The Morgan fingerprint density at radius 3 is 2.36 bits per heavy atom. The number of likely N-dealkylation sites (N-methyl/N-ethyl adjacent to an activating group) is 1. The summed E-state index contributed by atoms with van der Waals surface area (Å²) >= 11 is 0. The summed E-state index contributed by atoms with van der Waals surface area (Å²) in [5.41, 5.74) is 3.46. The van der Waals surface area contributed by atoms with E-state index >= 15 is 0 Å². The number of fused-ring (bicyclic) bond motifs is 1. The minimum atomic E-state index is -3.55. The summed E-state index contributed by atoms with van der Waals surface area (Å²) in [6, 6.07) is 8.25. The molecule has 10 heteroatoms. The van der Waals surface area contributed by atoms with Gasteiger partial charge < -0.3 is 10.2 Å². The number of pyridine rings is 1. The van der Waals surface area contributed by atoms with Crippen molar-refractivity contribution in [2.75, 3.05) is 38.5 Å². The molecule has 1 saturated heterocycles. The van der Waals surface area contributed by atoms with Gasteiger partial charge in [0.25, 0.3) is 5.91 Å². The van der Waals surface area contributed by atoms with Crippen molar-refractivity contribution in [3.63, 3.8) is 0 Å².